The molecule has 0 radical (unpaired) electrons. The van der Waals surface area contributed by atoms with Crippen LogP contribution in [0.2, 0.25) is 0 Å². The first-order valence-electron chi connectivity index (χ1n) is 11.6. The molecule has 3 aromatic rings. The highest BCUT2D eigenvalue weighted by Gasteiger charge is 2.32. The number of nitrogens with one attached hydrogen (secondary N) is 1. The molecular weight excluding hydrogens is 485 g/mol. The zero-order valence-corrected chi connectivity index (χ0v) is 21.5. The maximum absolute atomic E-state index is 13.2. The molecule has 5 rings (SSSR count). The minimum absolute atomic E-state index is 0. The summed E-state index contributed by atoms with van der Waals surface area (Å²) in [5.74, 6) is 0.641. The Bertz CT molecular complexity index is 1100. The van der Waals surface area contributed by atoms with E-state index in [2.05, 4.69) is 46.7 Å². The number of benzene rings is 2. The van der Waals surface area contributed by atoms with Crippen LogP contribution in [0.5, 0.6) is 5.88 Å². The van der Waals surface area contributed by atoms with Gasteiger partial charge in [-0.2, -0.15) is 0 Å². The number of aromatic nitrogens is 1. The summed E-state index contributed by atoms with van der Waals surface area (Å²) in [5, 5.41) is 3.38. The molecular formula is C27H31Cl2N3O3. The van der Waals surface area contributed by atoms with Crippen LogP contribution in [0.3, 0.4) is 0 Å². The Kier molecular flexibility index (Phi) is 9.00. The van der Waals surface area contributed by atoms with Crippen LogP contribution >= 0.6 is 24.8 Å². The van der Waals surface area contributed by atoms with Crippen LogP contribution in [0, 0.1) is 0 Å². The molecule has 1 N–H and O–H groups in total. The highest BCUT2D eigenvalue weighted by Crippen LogP contribution is 2.44. The number of amides is 1. The molecule has 2 aliphatic rings. The second-order valence-corrected chi connectivity index (χ2v) is 8.81. The van der Waals surface area contributed by atoms with Crippen molar-refractivity contribution in [1.29, 1.82) is 0 Å². The molecule has 0 spiro atoms. The van der Waals surface area contributed by atoms with E-state index in [1.165, 1.54) is 22.3 Å². The minimum Gasteiger partial charge on any atom is -0.475 e. The Labute approximate surface area is 218 Å². The fraction of sp³-hybridized carbons (Fsp3) is 0.333. The third kappa shape index (κ3) is 5.56. The third-order valence-electron chi connectivity index (χ3n) is 6.31. The zero-order chi connectivity index (χ0) is 22.8. The number of carbonyl (C=O) groups excluding carboxylic acids is 1. The van der Waals surface area contributed by atoms with Gasteiger partial charge in [0, 0.05) is 37.8 Å². The topological polar surface area (TPSA) is 63.7 Å². The average molecular weight is 516 g/mol. The Morgan fingerprint density at radius 2 is 1.69 bits per heavy atom. The first-order valence-corrected chi connectivity index (χ1v) is 11.6. The first-order chi connectivity index (χ1) is 16.1. The maximum Gasteiger partial charge on any atom is 0.410 e. The number of carbonyl (C=O) groups is 1. The van der Waals surface area contributed by atoms with E-state index in [1.54, 1.807) is 6.20 Å². The first kappa shape index (κ1) is 26.8. The lowest BCUT2D eigenvalue weighted by atomic mass is 9.98. The number of fused-ring (bicyclic) bond motifs is 3. The van der Waals surface area contributed by atoms with Gasteiger partial charge in [0.05, 0.1) is 12.1 Å². The van der Waals surface area contributed by atoms with Gasteiger partial charge >= 0.3 is 6.09 Å². The monoisotopic (exact) mass is 515 g/mol. The molecule has 0 saturated carbocycles. The molecule has 1 atom stereocenters. The van der Waals surface area contributed by atoms with Crippen LogP contribution in [0.15, 0.2) is 66.9 Å². The van der Waals surface area contributed by atoms with Crippen molar-refractivity contribution in [1.82, 2.24) is 15.2 Å². The summed E-state index contributed by atoms with van der Waals surface area (Å²) in [6.45, 7) is 6.26. The molecule has 2 heterocycles. The summed E-state index contributed by atoms with van der Waals surface area (Å²) in [7, 11) is 0. The number of rotatable bonds is 5. The number of hydrogen-bond acceptors (Lipinski definition) is 5. The van der Waals surface area contributed by atoms with Crippen LogP contribution in [0.1, 0.15) is 42.5 Å². The number of ether oxygens (including phenoxy) is 2. The summed E-state index contributed by atoms with van der Waals surface area (Å²) < 4.78 is 11.6. The van der Waals surface area contributed by atoms with Crippen LogP contribution in [-0.4, -0.2) is 48.3 Å². The predicted molar refractivity (Wildman–Crippen MR) is 142 cm³/mol. The van der Waals surface area contributed by atoms with E-state index in [0.717, 1.165) is 12.1 Å². The molecule has 8 heteroatoms. The fourth-order valence-corrected chi connectivity index (χ4v) is 4.80. The summed E-state index contributed by atoms with van der Waals surface area (Å²) in [6.07, 6.45) is 1.57. The van der Waals surface area contributed by atoms with Crippen molar-refractivity contribution in [2.75, 3.05) is 26.2 Å². The molecule has 1 amide bonds. The second-order valence-electron chi connectivity index (χ2n) is 8.81. The van der Waals surface area contributed by atoms with E-state index in [9.17, 15) is 4.79 Å². The molecule has 1 fully saturated rings. The SMILES string of the molecule is CC(C)Oc1ccc(C2CNCCN2C(=O)OCC2c3ccccc3-c3ccccc32)cn1.Cl.Cl. The lowest BCUT2D eigenvalue weighted by Gasteiger charge is -2.35. The molecule has 35 heavy (non-hydrogen) atoms. The van der Waals surface area contributed by atoms with Gasteiger partial charge in [0.1, 0.15) is 6.61 Å². The third-order valence-corrected chi connectivity index (χ3v) is 6.31. The van der Waals surface area contributed by atoms with E-state index in [-0.39, 0.29) is 49.0 Å². The fourth-order valence-electron chi connectivity index (χ4n) is 4.80. The van der Waals surface area contributed by atoms with Crippen LogP contribution in [0.25, 0.3) is 11.1 Å². The molecule has 1 aromatic heterocycles. The van der Waals surface area contributed by atoms with Gasteiger partial charge in [-0.3, -0.25) is 4.90 Å². The maximum atomic E-state index is 13.2. The molecule has 1 aliphatic heterocycles. The van der Waals surface area contributed by atoms with Crippen LogP contribution < -0.4 is 10.1 Å². The van der Waals surface area contributed by atoms with Gasteiger partial charge in [0.25, 0.3) is 0 Å². The van der Waals surface area contributed by atoms with Crippen molar-refractivity contribution in [2.24, 2.45) is 0 Å². The molecule has 1 unspecified atom stereocenters. The van der Waals surface area contributed by atoms with E-state index in [1.807, 2.05) is 43.0 Å². The van der Waals surface area contributed by atoms with E-state index >= 15 is 0 Å². The number of pyridine rings is 1. The molecule has 1 saturated heterocycles. The Morgan fingerprint density at radius 3 is 2.29 bits per heavy atom. The molecule has 186 valence electrons. The van der Waals surface area contributed by atoms with Gasteiger partial charge in [-0.1, -0.05) is 48.5 Å². The average Bonchev–Trinajstić information content (AvgIpc) is 3.16. The van der Waals surface area contributed by atoms with Gasteiger partial charge in [-0.25, -0.2) is 9.78 Å². The minimum atomic E-state index is -0.286. The van der Waals surface area contributed by atoms with Crippen molar-refractivity contribution < 1.29 is 14.3 Å². The van der Waals surface area contributed by atoms with E-state index in [0.29, 0.717) is 25.6 Å². The summed E-state index contributed by atoms with van der Waals surface area (Å²) in [4.78, 5) is 19.4. The van der Waals surface area contributed by atoms with E-state index in [4.69, 9.17) is 9.47 Å². The standard InChI is InChI=1S/C27H29N3O3.2ClH/c1-18(2)33-26-12-11-19(15-29-26)25-16-28-13-14-30(25)27(31)32-17-24-22-9-5-3-7-20(22)21-8-4-6-10-23(21)24;;/h3-12,15,18,24-25,28H,13-14,16-17H2,1-2H3;2*1H. The normalized spacial score (nSPS) is 16.5. The predicted octanol–water partition coefficient (Wildman–Crippen LogP) is 5.61. The van der Waals surface area contributed by atoms with Crippen LogP contribution in [0.4, 0.5) is 4.79 Å². The number of hydrogen-bond donors (Lipinski definition) is 1. The van der Waals surface area contributed by atoms with Crippen molar-refractivity contribution in [3.05, 3.63) is 83.6 Å². The second kappa shape index (κ2) is 11.8. The number of piperazine rings is 1. The Hall–Kier alpha value is -2.80. The van der Waals surface area contributed by atoms with Gasteiger partial charge in [-0.05, 0) is 47.7 Å². The van der Waals surface area contributed by atoms with Gasteiger partial charge in [-0.15, -0.1) is 24.8 Å². The molecule has 0 bridgehead atoms. The van der Waals surface area contributed by atoms with E-state index < -0.39 is 0 Å². The van der Waals surface area contributed by atoms with Crippen molar-refractivity contribution in [3.8, 4) is 17.0 Å². The highest BCUT2D eigenvalue weighted by molar-refractivity contribution is 5.85. The largest absolute Gasteiger partial charge is 0.475 e. The Morgan fingerprint density at radius 1 is 1.03 bits per heavy atom. The molecule has 1 aliphatic carbocycles. The molecule has 6 nitrogen and oxygen atoms in total. The van der Waals surface area contributed by atoms with Gasteiger partial charge in [0.2, 0.25) is 5.88 Å². The highest BCUT2D eigenvalue weighted by atomic mass is 35.5. The quantitative estimate of drug-likeness (QED) is 0.478. The number of nitrogens with zero attached hydrogens (tertiary/aromatic N) is 2. The van der Waals surface area contributed by atoms with Crippen LogP contribution in [-0.2, 0) is 4.74 Å². The van der Waals surface area contributed by atoms with Crippen molar-refractivity contribution in [3.63, 3.8) is 0 Å². The van der Waals surface area contributed by atoms with Gasteiger partial charge in [0.15, 0.2) is 0 Å². The molecule has 2 aromatic carbocycles. The summed E-state index contributed by atoms with van der Waals surface area (Å²) in [6, 6.07) is 20.5. The van der Waals surface area contributed by atoms with Crippen molar-refractivity contribution >= 4 is 30.9 Å². The van der Waals surface area contributed by atoms with Crippen molar-refractivity contribution in [2.45, 2.75) is 31.9 Å². The summed E-state index contributed by atoms with van der Waals surface area (Å²) >= 11 is 0. The zero-order valence-electron chi connectivity index (χ0n) is 19.8. The van der Waals surface area contributed by atoms with Gasteiger partial charge < -0.3 is 14.8 Å². The smallest absolute Gasteiger partial charge is 0.410 e. The summed E-state index contributed by atoms with van der Waals surface area (Å²) in [5.41, 5.74) is 5.85. The lowest BCUT2D eigenvalue weighted by molar-refractivity contribution is 0.0751. The number of halogens is 2. The Balaban J connectivity index is 0.00000171. The lowest BCUT2D eigenvalue weighted by Crippen LogP contribution is -2.49.